The first-order chi connectivity index (χ1) is 23.8. The summed E-state index contributed by atoms with van der Waals surface area (Å²) in [5.41, 5.74) is 13.4. The SMILES string of the molecule is C1=C(c2ccccc2)N=C(c2cc(-c3cccnc3)cc(-c3cccc(-c4cccc(-c5ccccc5)c4)c3)c2)NC1c1ccccc1. The van der Waals surface area contributed by atoms with E-state index in [1.807, 2.05) is 24.5 Å². The summed E-state index contributed by atoms with van der Waals surface area (Å²) in [4.78, 5) is 9.66. The Hall–Kier alpha value is -6.32. The largest absolute Gasteiger partial charge is 0.359 e. The third kappa shape index (κ3) is 6.22. The number of aromatic nitrogens is 1. The second-order valence-electron chi connectivity index (χ2n) is 12.0. The van der Waals surface area contributed by atoms with Crippen molar-refractivity contribution in [3.05, 3.63) is 205 Å². The van der Waals surface area contributed by atoms with Crippen molar-refractivity contribution in [3.63, 3.8) is 0 Å². The van der Waals surface area contributed by atoms with Crippen LogP contribution in [-0.4, -0.2) is 10.8 Å². The first kappa shape index (κ1) is 29.1. The fraction of sp³-hybridized carbons (Fsp3) is 0.0222. The Bertz CT molecular complexity index is 2240. The quantitative estimate of drug-likeness (QED) is 0.194. The van der Waals surface area contributed by atoms with Crippen LogP contribution in [0, 0.1) is 0 Å². The summed E-state index contributed by atoms with van der Waals surface area (Å²) in [6, 6.07) is 59.9. The third-order valence-corrected chi connectivity index (χ3v) is 8.78. The molecule has 1 aromatic heterocycles. The maximum atomic E-state index is 5.22. The van der Waals surface area contributed by atoms with Crippen LogP contribution >= 0.6 is 0 Å². The fourth-order valence-corrected chi connectivity index (χ4v) is 6.31. The highest BCUT2D eigenvalue weighted by atomic mass is 15.0. The Morgan fingerprint density at radius 3 is 1.50 bits per heavy atom. The summed E-state index contributed by atoms with van der Waals surface area (Å²) in [5.74, 6) is 0.837. The number of nitrogens with one attached hydrogen (secondary N) is 1. The summed E-state index contributed by atoms with van der Waals surface area (Å²) in [5, 5.41) is 3.76. The zero-order chi connectivity index (χ0) is 32.1. The lowest BCUT2D eigenvalue weighted by Gasteiger charge is -2.25. The zero-order valence-corrected chi connectivity index (χ0v) is 26.4. The molecule has 0 aliphatic carbocycles. The molecule has 0 fully saturated rings. The molecule has 3 heteroatoms. The standard InChI is InChI=1S/C45H33N3/c1-4-13-32(14-5-1)35-19-10-20-36(25-35)37-21-11-22-38(26-37)40-27-41(39-23-12-24-46-31-39)29-42(28-40)45-47-43(33-15-6-2-7-16-33)30-44(48-45)34-17-8-3-9-18-34/h1-31,43H,(H,47,48). The highest BCUT2D eigenvalue weighted by Crippen LogP contribution is 2.34. The van der Waals surface area contributed by atoms with E-state index in [2.05, 4.69) is 174 Å². The molecule has 1 aliphatic rings. The maximum absolute atomic E-state index is 5.22. The summed E-state index contributed by atoms with van der Waals surface area (Å²) in [7, 11) is 0. The molecule has 1 aliphatic heterocycles. The van der Waals surface area contributed by atoms with Crippen molar-refractivity contribution in [2.75, 3.05) is 0 Å². The van der Waals surface area contributed by atoms with Gasteiger partial charge in [-0.2, -0.15) is 0 Å². The fourth-order valence-electron chi connectivity index (χ4n) is 6.31. The van der Waals surface area contributed by atoms with Gasteiger partial charge in [-0.25, -0.2) is 4.99 Å². The number of aliphatic imine (C=N–C) groups is 1. The molecular formula is C45H33N3. The lowest BCUT2D eigenvalue weighted by molar-refractivity contribution is 0.781. The van der Waals surface area contributed by atoms with Gasteiger partial charge >= 0.3 is 0 Å². The van der Waals surface area contributed by atoms with E-state index in [4.69, 9.17) is 4.99 Å². The van der Waals surface area contributed by atoms with Crippen molar-refractivity contribution < 1.29 is 0 Å². The Balaban J connectivity index is 1.24. The molecule has 6 aromatic carbocycles. The van der Waals surface area contributed by atoms with E-state index in [0.717, 1.165) is 44.9 Å². The van der Waals surface area contributed by atoms with Crippen molar-refractivity contribution >= 4 is 11.5 Å². The van der Waals surface area contributed by atoms with Crippen LogP contribution in [0.25, 0.3) is 50.2 Å². The highest BCUT2D eigenvalue weighted by molar-refractivity contribution is 6.05. The molecule has 0 spiro atoms. The minimum Gasteiger partial charge on any atom is -0.359 e. The molecule has 1 atom stereocenters. The van der Waals surface area contributed by atoms with Crippen LogP contribution in [0.5, 0.6) is 0 Å². The van der Waals surface area contributed by atoms with Gasteiger partial charge in [0, 0.05) is 23.5 Å². The minimum atomic E-state index is -0.0281. The second-order valence-corrected chi connectivity index (χ2v) is 12.0. The summed E-state index contributed by atoms with van der Waals surface area (Å²) in [6.45, 7) is 0. The van der Waals surface area contributed by atoms with Gasteiger partial charge < -0.3 is 5.32 Å². The molecule has 3 nitrogen and oxygen atoms in total. The van der Waals surface area contributed by atoms with Crippen LogP contribution in [0.2, 0.25) is 0 Å². The van der Waals surface area contributed by atoms with Crippen molar-refractivity contribution in [1.29, 1.82) is 0 Å². The number of nitrogens with zero attached hydrogens (tertiary/aromatic N) is 2. The zero-order valence-electron chi connectivity index (χ0n) is 26.4. The van der Waals surface area contributed by atoms with E-state index in [9.17, 15) is 0 Å². The van der Waals surface area contributed by atoms with Crippen LogP contribution in [0.15, 0.2) is 193 Å². The van der Waals surface area contributed by atoms with Gasteiger partial charge in [0.15, 0.2) is 0 Å². The maximum Gasteiger partial charge on any atom is 0.134 e. The van der Waals surface area contributed by atoms with Gasteiger partial charge in [-0.1, -0.05) is 133 Å². The molecule has 0 saturated carbocycles. The molecule has 8 rings (SSSR count). The number of rotatable bonds is 7. The van der Waals surface area contributed by atoms with E-state index in [-0.39, 0.29) is 6.04 Å². The first-order valence-corrected chi connectivity index (χ1v) is 16.3. The van der Waals surface area contributed by atoms with Crippen molar-refractivity contribution in [1.82, 2.24) is 10.3 Å². The number of pyridine rings is 1. The van der Waals surface area contributed by atoms with Crippen LogP contribution in [0.4, 0.5) is 0 Å². The van der Waals surface area contributed by atoms with E-state index >= 15 is 0 Å². The van der Waals surface area contributed by atoms with Crippen molar-refractivity contribution in [2.45, 2.75) is 6.04 Å². The van der Waals surface area contributed by atoms with E-state index in [0.29, 0.717) is 0 Å². The first-order valence-electron chi connectivity index (χ1n) is 16.3. The van der Waals surface area contributed by atoms with Gasteiger partial charge in [-0.3, -0.25) is 4.98 Å². The summed E-state index contributed by atoms with van der Waals surface area (Å²) < 4.78 is 0. The molecular weight excluding hydrogens is 583 g/mol. The Morgan fingerprint density at radius 2 is 0.875 bits per heavy atom. The van der Waals surface area contributed by atoms with Crippen LogP contribution in [0.1, 0.15) is 22.7 Å². The monoisotopic (exact) mass is 615 g/mol. The topological polar surface area (TPSA) is 37.3 Å². The molecule has 48 heavy (non-hydrogen) atoms. The second kappa shape index (κ2) is 13.2. The molecule has 7 aromatic rings. The predicted octanol–water partition coefficient (Wildman–Crippen LogP) is 10.9. The third-order valence-electron chi connectivity index (χ3n) is 8.78. The van der Waals surface area contributed by atoms with E-state index < -0.39 is 0 Å². The molecule has 1 unspecified atom stereocenters. The summed E-state index contributed by atoms with van der Waals surface area (Å²) in [6.07, 6.45) is 5.95. The molecule has 2 heterocycles. The lowest BCUT2D eigenvalue weighted by atomic mass is 9.93. The number of hydrogen-bond donors (Lipinski definition) is 1. The van der Waals surface area contributed by atoms with Gasteiger partial charge in [-0.05, 0) is 92.5 Å². The minimum absolute atomic E-state index is 0.0281. The molecule has 0 bridgehead atoms. The summed E-state index contributed by atoms with van der Waals surface area (Å²) >= 11 is 0. The average Bonchev–Trinajstić information content (AvgIpc) is 3.19. The predicted molar refractivity (Wildman–Crippen MR) is 199 cm³/mol. The van der Waals surface area contributed by atoms with Gasteiger partial charge in [0.25, 0.3) is 0 Å². The average molecular weight is 616 g/mol. The molecule has 0 saturated heterocycles. The Kier molecular flexibility index (Phi) is 8.00. The number of amidine groups is 1. The van der Waals surface area contributed by atoms with Crippen LogP contribution in [-0.2, 0) is 0 Å². The van der Waals surface area contributed by atoms with Gasteiger partial charge in [0.05, 0.1) is 11.7 Å². The van der Waals surface area contributed by atoms with E-state index in [1.54, 1.807) is 0 Å². The van der Waals surface area contributed by atoms with E-state index in [1.165, 1.54) is 27.8 Å². The highest BCUT2D eigenvalue weighted by Gasteiger charge is 2.21. The van der Waals surface area contributed by atoms with Gasteiger partial charge in [0.1, 0.15) is 5.84 Å². The van der Waals surface area contributed by atoms with Crippen molar-refractivity contribution in [2.24, 2.45) is 4.99 Å². The molecule has 228 valence electrons. The Labute approximate surface area is 281 Å². The molecule has 0 amide bonds. The van der Waals surface area contributed by atoms with Crippen LogP contribution in [0.3, 0.4) is 0 Å². The Morgan fingerprint density at radius 1 is 0.396 bits per heavy atom. The lowest BCUT2D eigenvalue weighted by Crippen LogP contribution is -2.31. The molecule has 0 radical (unpaired) electrons. The van der Waals surface area contributed by atoms with Crippen LogP contribution < -0.4 is 5.32 Å². The van der Waals surface area contributed by atoms with Gasteiger partial charge in [-0.15, -0.1) is 0 Å². The smallest absolute Gasteiger partial charge is 0.134 e. The normalized spacial score (nSPS) is 14.0. The number of benzene rings is 6. The van der Waals surface area contributed by atoms with Gasteiger partial charge in [0.2, 0.25) is 0 Å². The molecule has 1 N–H and O–H groups in total. The van der Waals surface area contributed by atoms with Crippen molar-refractivity contribution in [3.8, 4) is 44.5 Å². The number of hydrogen-bond acceptors (Lipinski definition) is 3.